The van der Waals surface area contributed by atoms with Gasteiger partial charge in [-0.05, 0) is 36.0 Å². The molecule has 1 aliphatic carbocycles. The molecule has 1 radical (unpaired) electrons. The summed E-state index contributed by atoms with van der Waals surface area (Å²) in [6.45, 7) is 6.68. The molecule has 0 aliphatic heterocycles. The van der Waals surface area contributed by atoms with E-state index in [1.165, 1.54) is 28.7 Å². The smallest absolute Gasteiger partial charge is 0.0161 e. The van der Waals surface area contributed by atoms with Crippen LogP contribution in [0.15, 0.2) is 23.8 Å². The van der Waals surface area contributed by atoms with Gasteiger partial charge in [-0.3, -0.25) is 0 Å². The number of hydrogen-bond donors (Lipinski definition) is 0. The van der Waals surface area contributed by atoms with E-state index in [9.17, 15) is 0 Å². The molecule has 1 heteroatoms. The van der Waals surface area contributed by atoms with Crippen molar-refractivity contribution in [2.24, 2.45) is 5.92 Å². The van der Waals surface area contributed by atoms with Crippen molar-refractivity contribution in [3.05, 3.63) is 46.9 Å². The van der Waals surface area contributed by atoms with Crippen LogP contribution in [0.3, 0.4) is 0 Å². The second kappa shape index (κ2) is 5.26. The quantitative estimate of drug-likeness (QED) is 0.769. The molecule has 1 aromatic carbocycles. The maximum Gasteiger partial charge on any atom is 0.0161 e. The van der Waals surface area contributed by atoms with Crippen molar-refractivity contribution in [3.63, 3.8) is 0 Å². The molecule has 0 nitrogen and oxygen atoms in total. The van der Waals surface area contributed by atoms with Crippen LogP contribution >= 0.6 is 0 Å². The first-order chi connectivity index (χ1) is 6.65. The van der Waals surface area contributed by atoms with Crippen molar-refractivity contribution < 1.29 is 26.2 Å². The van der Waals surface area contributed by atoms with Crippen LogP contribution in [0.25, 0.3) is 6.08 Å². The molecule has 0 saturated carbocycles. The van der Waals surface area contributed by atoms with Gasteiger partial charge in [-0.1, -0.05) is 43.7 Å². The van der Waals surface area contributed by atoms with E-state index in [1.807, 2.05) is 0 Å². The molecule has 77 valence electrons. The maximum atomic E-state index is 2.32. The average Bonchev–Trinajstić information content (AvgIpc) is 2.42. The Morgan fingerprint density at radius 1 is 1.13 bits per heavy atom. The Hall–Kier alpha value is -0.157. The fourth-order valence-electron chi connectivity index (χ4n) is 2.01. The summed E-state index contributed by atoms with van der Waals surface area (Å²) in [4.78, 5) is 0. The molecule has 0 spiro atoms. The molecule has 0 atom stereocenters. The number of allylic oxidation sites excluding steroid dienone is 1. The van der Waals surface area contributed by atoms with Gasteiger partial charge in [0.25, 0.3) is 0 Å². The van der Waals surface area contributed by atoms with Crippen LogP contribution in [0.5, 0.6) is 0 Å². The zero-order valence-corrected chi connectivity index (χ0v) is 12.1. The minimum Gasteiger partial charge on any atom is -0.0643 e. The van der Waals surface area contributed by atoms with Crippen molar-refractivity contribution in [1.29, 1.82) is 0 Å². The summed E-state index contributed by atoms with van der Waals surface area (Å²) < 4.78 is 0. The molecule has 1 aromatic rings. The number of fused-ring (bicyclic) bond motifs is 1. The van der Waals surface area contributed by atoms with Gasteiger partial charge in [-0.2, -0.15) is 0 Å². The summed E-state index contributed by atoms with van der Waals surface area (Å²) >= 11 is 0. The normalized spacial score (nSPS) is 13.5. The zero-order valence-electron chi connectivity index (χ0n) is 9.67. The minimum absolute atomic E-state index is 0. The number of hydrogen-bond acceptors (Lipinski definition) is 0. The Morgan fingerprint density at radius 3 is 2.53 bits per heavy atom. The molecule has 15 heavy (non-hydrogen) atoms. The molecule has 0 bridgehead atoms. The third-order valence-corrected chi connectivity index (χ3v) is 2.56. The van der Waals surface area contributed by atoms with Gasteiger partial charge in [0.1, 0.15) is 0 Å². The first-order valence-electron chi connectivity index (χ1n) is 5.31. The third-order valence-electron chi connectivity index (χ3n) is 2.56. The van der Waals surface area contributed by atoms with Crippen molar-refractivity contribution in [3.8, 4) is 0 Å². The van der Waals surface area contributed by atoms with E-state index in [1.54, 1.807) is 0 Å². The maximum absolute atomic E-state index is 2.32. The monoisotopic (exact) mass is 275 g/mol. The van der Waals surface area contributed by atoms with E-state index >= 15 is 0 Å². The molecule has 2 rings (SSSR count). The first-order valence-corrected chi connectivity index (χ1v) is 5.31. The van der Waals surface area contributed by atoms with Crippen LogP contribution in [0.2, 0.25) is 0 Å². The van der Waals surface area contributed by atoms with Crippen LogP contribution in [0, 0.1) is 12.3 Å². The predicted molar refractivity (Wildman–Crippen MR) is 62.0 cm³/mol. The first kappa shape index (κ1) is 12.9. The summed E-state index contributed by atoms with van der Waals surface area (Å²) in [7, 11) is 0. The van der Waals surface area contributed by atoms with Gasteiger partial charge >= 0.3 is 0 Å². The standard InChI is InChI=1S/C14H17.Zr/c1-10(2)6-12-4-5-13-7-11(3)8-14(13)9-12;/h4-5,7-10H,6H2,1-3H3;. The fraction of sp³-hybridized carbons (Fsp3) is 0.357. The van der Waals surface area contributed by atoms with Gasteiger partial charge in [-0.25, -0.2) is 0 Å². The Balaban J connectivity index is 0.00000112. The third kappa shape index (κ3) is 3.15. The Kier molecular flexibility index (Phi) is 4.52. The fourth-order valence-corrected chi connectivity index (χ4v) is 2.01. The van der Waals surface area contributed by atoms with Gasteiger partial charge in [0.05, 0.1) is 0 Å². The molecule has 0 saturated heterocycles. The second-order valence-electron chi connectivity index (χ2n) is 4.59. The topological polar surface area (TPSA) is 0 Å². The van der Waals surface area contributed by atoms with E-state index in [4.69, 9.17) is 0 Å². The predicted octanol–water partition coefficient (Wildman–Crippen LogP) is 3.85. The second-order valence-corrected chi connectivity index (χ2v) is 4.59. The Labute approximate surface area is 112 Å². The largest absolute Gasteiger partial charge is 0.0643 e. The van der Waals surface area contributed by atoms with Crippen molar-refractivity contribution in [2.45, 2.75) is 27.2 Å². The summed E-state index contributed by atoms with van der Waals surface area (Å²) in [5.41, 5.74) is 5.58. The molecular weight excluding hydrogens is 259 g/mol. The average molecular weight is 277 g/mol. The van der Waals surface area contributed by atoms with E-state index in [0.29, 0.717) is 0 Å². The van der Waals surface area contributed by atoms with Crippen LogP contribution in [-0.2, 0) is 32.6 Å². The molecule has 0 aromatic heterocycles. The van der Waals surface area contributed by atoms with Gasteiger partial charge in [0.15, 0.2) is 0 Å². The Morgan fingerprint density at radius 2 is 1.87 bits per heavy atom. The van der Waals surface area contributed by atoms with Crippen molar-refractivity contribution >= 4 is 6.08 Å². The zero-order chi connectivity index (χ0) is 10.1. The van der Waals surface area contributed by atoms with Crippen LogP contribution in [-0.4, -0.2) is 0 Å². The van der Waals surface area contributed by atoms with Gasteiger partial charge < -0.3 is 0 Å². The van der Waals surface area contributed by atoms with Gasteiger partial charge in [-0.15, -0.1) is 0 Å². The SMILES string of the molecule is CC1=Cc2cc(CC(C)C)ccc2[CH]1.[Zr]. The van der Waals surface area contributed by atoms with E-state index in [0.717, 1.165) is 5.92 Å². The van der Waals surface area contributed by atoms with Crippen LogP contribution in [0.1, 0.15) is 37.5 Å². The van der Waals surface area contributed by atoms with Gasteiger partial charge in [0, 0.05) is 32.6 Å². The Bertz CT molecular complexity index is 375. The molecular formula is C14H17Zr. The van der Waals surface area contributed by atoms with Crippen molar-refractivity contribution in [1.82, 2.24) is 0 Å². The molecule has 1 aliphatic rings. The number of rotatable bonds is 2. The molecule has 0 unspecified atom stereocenters. The van der Waals surface area contributed by atoms with Crippen LogP contribution in [0.4, 0.5) is 0 Å². The summed E-state index contributed by atoms with van der Waals surface area (Å²) in [5, 5.41) is 0. The molecule has 0 fully saturated rings. The molecule has 0 heterocycles. The van der Waals surface area contributed by atoms with E-state index in [-0.39, 0.29) is 26.2 Å². The van der Waals surface area contributed by atoms with Crippen molar-refractivity contribution in [2.75, 3.05) is 0 Å². The molecule has 0 N–H and O–H groups in total. The minimum atomic E-state index is 0. The summed E-state index contributed by atoms with van der Waals surface area (Å²) in [5.74, 6) is 0.739. The van der Waals surface area contributed by atoms with E-state index < -0.39 is 0 Å². The summed E-state index contributed by atoms with van der Waals surface area (Å²) in [6.07, 6.45) is 5.69. The van der Waals surface area contributed by atoms with Gasteiger partial charge in [0.2, 0.25) is 0 Å². The van der Waals surface area contributed by atoms with E-state index in [2.05, 4.69) is 51.5 Å². The number of benzene rings is 1. The van der Waals surface area contributed by atoms with Crippen LogP contribution < -0.4 is 0 Å². The summed E-state index contributed by atoms with van der Waals surface area (Å²) in [6, 6.07) is 6.81. The molecule has 0 amide bonds.